The van der Waals surface area contributed by atoms with Gasteiger partial charge in [0, 0.05) is 6.07 Å². The molecule has 1 aromatic rings. The predicted molar refractivity (Wildman–Crippen MR) is 108 cm³/mol. The molecule has 0 fully saturated rings. The number of ether oxygens (including phenoxy) is 1. The predicted octanol–water partition coefficient (Wildman–Crippen LogP) is 6.59. The summed E-state index contributed by atoms with van der Waals surface area (Å²) in [5.74, 6) is -49.4. The summed E-state index contributed by atoms with van der Waals surface area (Å²) >= 11 is 0. The van der Waals surface area contributed by atoms with Gasteiger partial charge in [-0.2, -0.15) is 74.6 Å². The van der Waals surface area contributed by atoms with E-state index in [9.17, 15) is 107 Å². The van der Waals surface area contributed by atoms with Gasteiger partial charge in [0.15, 0.2) is 6.61 Å². The van der Waals surface area contributed by atoms with Crippen molar-refractivity contribution in [3.63, 3.8) is 0 Å². The van der Waals surface area contributed by atoms with Gasteiger partial charge in [-0.1, -0.05) is 0 Å². The first-order valence-electron chi connectivity index (χ1n) is 10.4. The molecule has 0 amide bonds. The van der Waals surface area contributed by atoms with Crippen molar-refractivity contribution in [3.05, 3.63) is 28.3 Å². The molecule has 0 N–H and O–H groups in total. The summed E-state index contributed by atoms with van der Waals surface area (Å²) in [5, 5.41) is 4.67. The average molecular weight is 759 g/mol. The Kier molecular flexibility index (Phi) is 11.2. The number of hydrogen-bond acceptors (Lipinski definition) is 6. The third-order valence-electron chi connectivity index (χ3n) is 5.14. The van der Waals surface area contributed by atoms with Gasteiger partial charge in [-0.15, -0.1) is 0 Å². The minimum absolute atomic E-state index is 0.0782. The summed E-state index contributed by atoms with van der Waals surface area (Å²) < 4.78 is 276. The first-order valence-corrected chi connectivity index (χ1v) is 12.9. The highest BCUT2D eigenvalue weighted by Gasteiger charge is 2.88. The summed E-state index contributed by atoms with van der Waals surface area (Å²) in [6, 6.07) is -0.652. The molecule has 0 saturated carbocycles. The number of benzene rings is 1. The second kappa shape index (κ2) is 12.6. The van der Waals surface area contributed by atoms with Crippen LogP contribution in [-0.2, 0) is 31.1 Å². The number of carbonyl (C=O) groups excluding carboxylic acids is 1. The van der Waals surface area contributed by atoms with Crippen molar-refractivity contribution in [1.82, 2.24) is 0 Å². The Morgan fingerprint density at radius 1 is 0.783 bits per heavy atom. The first-order chi connectivity index (χ1) is 20.2. The number of nitro benzene ring substituents is 1. The number of halogens is 19. The van der Waals surface area contributed by atoms with Crippen LogP contribution in [0.4, 0.5) is 89.1 Å². The standard InChI is InChI=1S/C18H8F19NO6S2/c19-10(20)12(23,24)14(27,28)15(29,30)13(25,26)11(21,22)5-44-9(39)4-45(42)8-2-1-6(3-7(8)38(40)41)46(43)18(36,37)16(31,32)17(33,34)35/h1-3,10H,4-5H2. The van der Waals surface area contributed by atoms with E-state index in [2.05, 4.69) is 4.74 Å². The van der Waals surface area contributed by atoms with Crippen LogP contribution in [-0.4, -0.2) is 85.1 Å². The Hall–Kier alpha value is -2.94. The van der Waals surface area contributed by atoms with Crippen molar-refractivity contribution in [2.45, 2.75) is 63.2 Å². The van der Waals surface area contributed by atoms with Crippen molar-refractivity contribution in [2.75, 3.05) is 12.4 Å². The molecule has 2 atom stereocenters. The molecule has 7 nitrogen and oxygen atoms in total. The van der Waals surface area contributed by atoms with Gasteiger partial charge >= 0.3 is 59.4 Å². The second-order valence-electron chi connectivity index (χ2n) is 8.25. The maximum absolute atomic E-state index is 13.7. The highest BCUT2D eigenvalue weighted by atomic mass is 32.2. The molecule has 0 bridgehead atoms. The SMILES string of the molecule is O=C(CS(=O)c1ccc(S(=O)C(F)(F)C(F)(F)C(F)(F)F)cc1[N+](=O)[O-])OCC(F)(F)C(F)(F)C(F)(F)C(F)(F)C(F)(F)C(F)F. The molecule has 266 valence electrons. The quantitative estimate of drug-likeness (QED) is 0.0919. The zero-order valence-corrected chi connectivity index (χ0v) is 22.3. The molecule has 0 aliphatic carbocycles. The van der Waals surface area contributed by atoms with Crippen molar-refractivity contribution in [3.8, 4) is 0 Å². The monoisotopic (exact) mass is 759 g/mol. The van der Waals surface area contributed by atoms with Crippen LogP contribution in [0.3, 0.4) is 0 Å². The van der Waals surface area contributed by atoms with Gasteiger partial charge in [-0.3, -0.25) is 19.1 Å². The van der Waals surface area contributed by atoms with E-state index >= 15 is 0 Å². The molecule has 0 aromatic heterocycles. The van der Waals surface area contributed by atoms with Gasteiger partial charge < -0.3 is 4.74 Å². The Morgan fingerprint density at radius 2 is 1.26 bits per heavy atom. The molecule has 0 spiro atoms. The topological polar surface area (TPSA) is 104 Å². The van der Waals surface area contributed by atoms with E-state index in [1.807, 2.05) is 0 Å². The molecule has 1 rings (SSSR count). The lowest BCUT2D eigenvalue weighted by Gasteiger charge is -2.38. The lowest BCUT2D eigenvalue weighted by molar-refractivity contribution is -0.414. The van der Waals surface area contributed by atoms with Gasteiger partial charge in [0.1, 0.15) is 21.4 Å². The maximum Gasteiger partial charge on any atom is 0.461 e. The van der Waals surface area contributed by atoms with E-state index in [0.29, 0.717) is 0 Å². The van der Waals surface area contributed by atoms with E-state index in [1.54, 1.807) is 0 Å². The fraction of sp³-hybridized carbons (Fsp3) is 0.611. The van der Waals surface area contributed by atoms with Crippen molar-refractivity contribution >= 4 is 33.3 Å². The Balaban J connectivity index is 3.27. The van der Waals surface area contributed by atoms with Crippen LogP contribution in [0.25, 0.3) is 0 Å². The van der Waals surface area contributed by atoms with Gasteiger partial charge in [0.2, 0.25) is 0 Å². The number of alkyl halides is 19. The average Bonchev–Trinajstić information content (AvgIpc) is 2.89. The first kappa shape index (κ1) is 41.1. The summed E-state index contributed by atoms with van der Waals surface area (Å²) in [6.45, 7) is -3.47. The van der Waals surface area contributed by atoms with Gasteiger partial charge in [0.05, 0.1) is 20.6 Å². The largest absolute Gasteiger partial charge is 0.461 e. The van der Waals surface area contributed by atoms with Crippen molar-refractivity contribution in [1.29, 1.82) is 0 Å². The zero-order chi connectivity index (χ0) is 36.9. The fourth-order valence-corrected chi connectivity index (χ4v) is 4.73. The molecule has 2 unspecified atom stereocenters. The molecule has 0 heterocycles. The summed E-state index contributed by atoms with van der Waals surface area (Å²) in [6.07, 6.45) is -12.8. The lowest BCUT2D eigenvalue weighted by atomic mass is 9.94. The summed E-state index contributed by atoms with van der Waals surface area (Å²) in [4.78, 5) is 17.7. The Bertz CT molecular complexity index is 1380. The molecule has 28 heteroatoms. The van der Waals surface area contributed by atoms with Gasteiger partial charge in [0.25, 0.3) is 5.69 Å². The molecule has 0 aliphatic rings. The highest BCUT2D eigenvalue weighted by molar-refractivity contribution is 7.86. The van der Waals surface area contributed by atoms with Crippen molar-refractivity contribution in [2.24, 2.45) is 0 Å². The van der Waals surface area contributed by atoms with Crippen LogP contribution in [0, 0.1) is 10.1 Å². The van der Waals surface area contributed by atoms with Crippen LogP contribution >= 0.6 is 0 Å². The minimum Gasteiger partial charge on any atom is -0.458 e. The number of esters is 1. The number of hydrogen-bond donors (Lipinski definition) is 0. The van der Waals surface area contributed by atoms with Crippen molar-refractivity contribution < 1.29 is 106 Å². The number of rotatable bonds is 14. The third-order valence-corrected chi connectivity index (χ3v) is 7.88. The van der Waals surface area contributed by atoms with Crippen LogP contribution in [0.1, 0.15) is 0 Å². The van der Waals surface area contributed by atoms with Crippen LogP contribution in [0.5, 0.6) is 0 Å². The molecular weight excluding hydrogens is 751 g/mol. The third kappa shape index (κ3) is 6.85. The molecular formula is C18H8F19NO6S2. The Morgan fingerprint density at radius 3 is 1.67 bits per heavy atom. The van der Waals surface area contributed by atoms with Gasteiger partial charge in [-0.25, -0.2) is 13.0 Å². The molecule has 0 radical (unpaired) electrons. The summed E-state index contributed by atoms with van der Waals surface area (Å²) in [5.41, 5.74) is -1.86. The smallest absolute Gasteiger partial charge is 0.458 e. The molecule has 1 aromatic carbocycles. The highest BCUT2D eigenvalue weighted by Crippen LogP contribution is 2.58. The normalized spacial score (nSPS) is 15.9. The lowest BCUT2D eigenvalue weighted by Crippen LogP contribution is -2.69. The van der Waals surface area contributed by atoms with Gasteiger partial charge in [-0.05, 0) is 12.1 Å². The van der Waals surface area contributed by atoms with Crippen LogP contribution in [0.15, 0.2) is 28.0 Å². The number of nitrogens with zero attached hydrogens (tertiary/aromatic N) is 1. The molecule has 0 saturated heterocycles. The van der Waals surface area contributed by atoms with Crippen LogP contribution < -0.4 is 0 Å². The van der Waals surface area contributed by atoms with E-state index < -0.39 is 120 Å². The number of nitro groups is 1. The summed E-state index contributed by atoms with van der Waals surface area (Å²) in [7, 11) is -8.20. The second-order valence-corrected chi connectivity index (χ2v) is 11.2. The molecule has 0 aliphatic heterocycles. The van der Waals surface area contributed by atoms with E-state index in [0.717, 1.165) is 0 Å². The zero-order valence-electron chi connectivity index (χ0n) is 20.6. The Labute approximate surface area is 244 Å². The van der Waals surface area contributed by atoms with E-state index in [-0.39, 0.29) is 12.1 Å². The minimum atomic E-state index is -8.00. The maximum atomic E-state index is 13.7. The van der Waals surface area contributed by atoms with E-state index in [1.165, 1.54) is 0 Å². The van der Waals surface area contributed by atoms with E-state index in [4.69, 9.17) is 0 Å². The van der Waals surface area contributed by atoms with Crippen LogP contribution in [0.2, 0.25) is 0 Å². The number of carbonyl (C=O) groups is 1. The fourth-order valence-electron chi connectivity index (χ4n) is 2.64. The molecule has 46 heavy (non-hydrogen) atoms.